The molecule has 14 heavy (non-hydrogen) atoms. The Hall–Kier alpha value is -0.120. The standard InChI is InChI=1S/C11H22N2O/c1-11(14,8-12)4-5-13-7-9-2-3-10(13)6-9/h9-10,14H,2-8,12H2,1H3. The van der Waals surface area contributed by atoms with Crippen molar-refractivity contribution in [2.75, 3.05) is 19.6 Å². The number of fused-ring (bicyclic) bond motifs is 2. The summed E-state index contributed by atoms with van der Waals surface area (Å²) in [6.45, 7) is 4.48. The quantitative estimate of drug-likeness (QED) is 0.694. The maximum atomic E-state index is 9.80. The first-order valence-corrected chi connectivity index (χ1v) is 5.77. The molecule has 3 atom stereocenters. The summed E-state index contributed by atoms with van der Waals surface area (Å²) in [4.78, 5) is 2.54. The maximum Gasteiger partial charge on any atom is 0.0753 e. The first-order chi connectivity index (χ1) is 6.61. The summed E-state index contributed by atoms with van der Waals surface area (Å²) in [5, 5.41) is 9.80. The lowest BCUT2D eigenvalue weighted by atomic mass is 10.0. The van der Waals surface area contributed by atoms with Crippen LogP contribution in [0.4, 0.5) is 0 Å². The normalized spacial score (nSPS) is 36.2. The van der Waals surface area contributed by atoms with Crippen LogP contribution in [0.15, 0.2) is 0 Å². The number of rotatable bonds is 4. The van der Waals surface area contributed by atoms with E-state index >= 15 is 0 Å². The van der Waals surface area contributed by atoms with E-state index in [1.807, 2.05) is 6.92 Å². The molecule has 3 N–H and O–H groups in total. The third-order valence-corrected chi connectivity index (χ3v) is 3.90. The lowest BCUT2D eigenvalue weighted by Gasteiger charge is -2.30. The Morgan fingerprint density at radius 3 is 2.79 bits per heavy atom. The van der Waals surface area contributed by atoms with Gasteiger partial charge in [-0.3, -0.25) is 4.90 Å². The largest absolute Gasteiger partial charge is 0.389 e. The SMILES string of the molecule is CC(O)(CN)CCN1CC2CCC1C2. The van der Waals surface area contributed by atoms with Gasteiger partial charge in [-0.05, 0) is 38.5 Å². The first kappa shape index (κ1) is 10.4. The minimum Gasteiger partial charge on any atom is -0.389 e. The Morgan fingerprint density at radius 1 is 1.50 bits per heavy atom. The predicted octanol–water partition coefficient (Wildman–Crippen LogP) is 0.570. The van der Waals surface area contributed by atoms with E-state index in [9.17, 15) is 5.11 Å². The Balaban J connectivity index is 1.77. The predicted molar refractivity (Wildman–Crippen MR) is 57.0 cm³/mol. The number of nitrogens with two attached hydrogens (primary N) is 1. The highest BCUT2D eigenvalue weighted by atomic mass is 16.3. The molecule has 1 aliphatic heterocycles. The van der Waals surface area contributed by atoms with E-state index in [1.165, 1.54) is 25.8 Å². The zero-order valence-electron chi connectivity index (χ0n) is 9.08. The van der Waals surface area contributed by atoms with Crippen molar-refractivity contribution in [2.24, 2.45) is 11.7 Å². The summed E-state index contributed by atoms with van der Waals surface area (Å²) in [5.41, 5.74) is 4.83. The highest BCUT2D eigenvalue weighted by Crippen LogP contribution is 2.37. The Labute approximate surface area is 86.3 Å². The van der Waals surface area contributed by atoms with Gasteiger partial charge in [0.1, 0.15) is 0 Å². The molecule has 1 heterocycles. The molecule has 3 unspecified atom stereocenters. The summed E-state index contributed by atoms with van der Waals surface area (Å²) in [7, 11) is 0. The van der Waals surface area contributed by atoms with Gasteiger partial charge in [-0.25, -0.2) is 0 Å². The molecule has 1 saturated carbocycles. The fourth-order valence-electron chi connectivity index (χ4n) is 2.79. The topological polar surface area (TPSA) is 49.5 Å². The van der Waals surface area contributed by atoms with Gasteiger partial charge in [0.2, 0.25) is 0 Å². The molecule has 2 aliphatic rings. The average Bonchev–Trinajstić information content (AvgIpc) is 2.76. The van der Waals surface area contributed by atoms with E-state index < -0.39 is 5.60 Å². The molecule has 1 saturated heterocycles. The molecule has 0 amide bonds. The Morgan fingerprint density at radius 2 is 2.29 bits per heavy atom. The monoisotopic (exact) mass is 198 g/mol. The van der Waals surface area contributed by atoms with Gasteiger partial charge in [-0.15, -0.1) is 0 Å². The van der Waals surface area contributed by atoms with Gasteiger partial charge in [0.15, 0.2) is 0 Å². The van der Waals surface area contributed by atoms with E-state index in [2.05, 4.69) is 4.90 Å². The van der Waals surface area contributed by atoms with Crippen molar-refractivity contribution in [3.8, 4) is 0 Å². The van der Waals surface area contributed by atoms with Crippen LogP contribution in [-0.2, 0) is 0 Å². The van der Waals surface area contributed by atoms with Crippen LogP contribution in [0.25, 0.3) is 0 Å². The second kappa shape index (κ2) is 3.80. The summed E-state index contributed by atoms with van der Waals surface area (Å²) in [6.07, 6.45) is 5.00. The van der Waals surface area contributed by atoms with E-state index in [0.717, 1.165) is 24.9 Å². The van der Waals surface area contributed by atoms with Gasteiger partial charge in [0.05, 0.1) is 5.60 Å². The fourth-order valence-corrected chi connectivity index (χ4v) is 2.79. The Bertz CT molecular complexity index is 205. The van der Waals surface area contributed by atoms with Crippen LogP contribution in [0.2, 0.25) is 0 Å². The molecular weight excluding hydrogens is 176 g/mol. The van der Waals surface area contributed by atoms with Crippen molar-refractivity contribution in [1.29, 1.82) is 0 Å². The smallest absolute Gasteiger partial charge is 0.0753 e. The molecule has 0 aromatic carbocycles. The second-order valence-corrected chi connectivity index (χ2v) is 5.28. The van der Waals surface area contributed by atoms with Crippen molar-refractivity contribution in [3.05, 3.63) is 0 Å². The molecule has 0 aromatic rings. The average molecular weight is 198 g/mol. The van der Waals surface area contributed by atoms with Crippen LogP contribution < -0.4 is 5.73 Å². The van der Waals surface area contributed by atoms with Gasteiger partial charge < -0.3 is 10.8 Å². The lowest BCUT2D eigenvalue weighted by molar-refractivity contribution is 0.0436. The van der Waals surface area contributed by atoms with E-state index in [-0.39, 0.29) is 0 Å². The van der Waals surface area contributed by atoms with Gasteiger partial charge in [-0.2, -0.15) is 0 Å². The van der Waals surface area contributed by atoms with Crippen LogP contribution in [0.5, 0.6) is 0 Å². The highest BCUT2D eigenvalue weighted by molar-refractivity contribution is 4.92. The van der Waals surface area contributed by atoms with Gasteiger partial charge in [0, 0.05) is 25.7 Å². The molecule has 0 spiro atoms. The summed E-state index contributed by atoms with van der Waals surface area (Å²) in [5.74, 6) is 0.947. The highest BCUT2D eigenvalue weighted by Gasteiger charge is 2.37. The van der Waals surface area contributed by atoms with Crippen LogP contribution in [0, 0.1) is 5.92 Å². The number of hydrogen-bond acceptors (Lipinski definition) is 3. The number of piperidine rings is 1. The van der Waals surface area contributed by atoms with E-state index in [1.54, 1.807) is 0 Å². The number of likely N-dealkylation sites (tertiary alicyclic amines) is 1. The molecule has 2 fully saturated rings. The zero-order valence-corrected chi connectivity index (χ0v) is 9.08. The molecule has 3 heteroatoms. The molecule has 82 valence electrons. The third kappa shape index (κ3) is 2.10. The molecular formula is C11H22N2O. The minimum absolute atomic E-state index is 0.370. The number of nitrogens with zero attached hydrogens (tertiary/aromatic N) is 1. The fraction of sp³-hybridized carbons (Fsp3) is 1.00. The summed E-state index contributed by atoms with van der Waals surface area (Å²) in [6, 6.07) is 0.813. The molecule has 1 aliphatic carbocycles. The molecule has 2 bridgehead atoms. The molecule has 0 radical (unpaired) electrons. The first-order valence-electron chi connectivity index (χ1n) is 5.77. The summed E-state index contributed by atoms with van der Waals surface area (Å²) < 4.78 is 0. The number of aliphatic hydroxyl groups is 1. The lowest BCUT2D eigenvalue weighted by Crippen LogP contribution is -2.40. The molecule has 0 aromatic heterocycles. The maximum absolute atomic E-state index is 9.80. The molecule has 3 nitrogen and oxygen atoms in total. The summed E-state index contributed by atoms with van der Waals surface area (Å²) >= 11 is 0. The van der Waals surface area contributed by atoms with Crippen LogP contribution in [0.3, 0.4) is 0 Å². The number of hydrogen-bond donors (Lipinski definition) is 2. The van der Waals surface area contributed by atoms with E-state index in [0.29, 0.717) is 6.54 Å². The Kier molecular flexibility index (Phi) is 2.82. The van der Waals surface area contributed by atoms with Crippen LogP contribution >= 0.6 is 0 Å². The second-order valence-electron chi connectivity index (χ2n) is 5.28. The van der Waals surface area contributed by atoms with Crippen LogP contribution in [0.1, 0.15) is 32.6 Å². The van der Waals surface area contributed by atoms with Gasteiger partial charge >= 0.3 is 0 Å². The van der Waals surface area contributed by atoms with Gasteiger partial charge in [-0.1, -0.05) is 0 Å². The van der Waals surface area contributed by atoms with Crippen molar-refractivity contribution >= 4 is 0 Å². The van der Waals surface area contributed by atoms with E-state index in [4.69, 9.17) is 5.73 Å². The van der Waals surface area contributed by atoms with Crippen molar-refractivity contribution in [3.63, 3.8) is 0 Å². The van der Waals surface area contributed by atoms with Crippen molar-refractivity contribution < 1.29 is 5.11 Å². The van der Waals surface area contributed by atoms with Crippen LogP contribution in [-0.4, -0.2) is 41.3 Å². The third-order valence-electron chi connectivity index (χ3n) is 3.90. The van der Waals surface area contributed by atoms with Gasteiger partial charge in [0.25, 0.3) is 0 Å². The van der Waals surface area contributed by atoms with Crippen molar-refractivity contribution in [1.82, 2.24) is 4.90 Å². The molecule has 2 rings (SSSR count). The zero-order chi connectivity index (χ0) is 10.2. The van der Waals surface area contributed by atoms with Crippen molar-refractivity contribution in [2.45, 2.75) is 44.2 Å². The minimum atomic E-state index is -0.665.